The van der Waals surface area contributed by atoms with Crippen molar-refractivity contribution in [2.24, 2.45) is 5.92 Å². The van der Waals surface area contributed by atoms with Crippen molar-refractivity contribution >= 4 is 16.7 Å². The molecular weight excluding hydrogens is 226 g/mol. The average molecular weight is 245 g/mol. The lowest BCUT2D eigenvalue weighted by Gasteiger charge is -2.05. The lowest BCUT2D eigenvalue weighted by molar-refractivity contribution is 0.0977. The van der Waals surface area contributed by atoms with E-state index in [0.29, 0.717) is 12.3 Å². The highest BCUT2D eigenvalue weighted by molar-refractivity contribution is 6.09. The maximum Gasteiger partial charge on any atom is 0.165 e. The van der Waals surface area contributed by atoms with Crippen molar-refractivity contribution < 1.29 is 9.53 Å². The fraction of sp³-hybridized carbons (Fsp3) is 0.400. The van der Waals surface area contributed by atoms with Crippen LogP contribution in [0.15, 0.2) is 24.4 Å². The Labute approximate surface area is 107 Å². The van der Waals surface area contributed by atoms with Crippen LogP contribution in [0.1, 0.15) is 37.0 Å². The molecule has 1 aromatic carbocycles. The Balaban J connectivity index is 2.36. The quantitative estimate of drug-likeness (QED) is 0.814. The first-order valence-corrected chi connectivity index (χ1v) is 6.30. The van der Waals surface area contributed by atoms with Crippen LogP contribution in [-0.4, -0.2) is 17.9 Å². The summed E-state index contributed by atoms with van der Waals surface area (Å²) in [5, 5.41) is 0.897. The third-order valence-electron chi connectivity index (χ3n) is 3.14. The number of Topliss-reactive ketones (excluding diaryl/α,β-unsaturated/α-hetero) is 1. The molecule has 0 amide bonds. The van der Waals surface area contributed by atoms with Crippen molar-refractivity contribution in [1.29, 1.82) is 0 Å². The molecule has 0 radical (unpaired) electrons. The van der Waals surface area contributed by atoms with Gasteiger partial charge in [0.2, 0.25) is 0 Å². The van der Waals surface area contributed by atoms with E-state index < -0.39 is 0 Å². The molecule has 1 heterocycles. The molecule has 2 rings (SSSR count). The van der Waals surface area contributed by atoms with Crippen molar-refractivity contribution in [2.45, 2.75) is 26.7 Å². The van der Waals surface area contributed by atoms with E-state index >= 15 is 0 Å². The Morgan fingerprint density at radius 3 is 2.83 bits per heavy atom. The number of aromatic amines is 1. The molecule has 0 unspecified atom stereocenters. The molecule has 0 aliphatic heterocycles. The highest BCUT2D eigenvalue weighted by Crippen LogP contribution is 2.29. The second-order valence-electron chi connectivity index (χ2n) is 4.94. The maximum atomic E-state index is 12.2. The van der Waals surface area contributed by atoms with Crippen LogP contribution < -0.4 is 4.74 Å². The molecule has 1 aromatic heterocycles. The summed E-state index contributed by atoms with van der Waals surface area (Å²) in [5.74, 6) is 1.47. The van der Waals surface area contributed by atoms with Gasteiger partial charge in [-0.05, 0) is 24.5 Å². The molecule has 0 atom stereocenters. The summed E-state index contributed by atoms with van der Waals surface area (Å²) >= 11 is 0. The van der Waals surface area contributed by atoms with Gasteiger partial charge in [-0.1, -0.05) is 19.9 Å². The lowest BCUT2D eigenvalue weighted by atomic mass is 10.0. The van der Waals surface area contributed by atoms with Crippen LogP contribution in [0.3, 0.4) is 0 Å². The second-order valence-corrected chi connectivity index (χ2v) is 4.94. The van der Waals surface area contributed by atoms with Crippen molar-refractivity contribution in [3.63, 3.8) is 0 Å². The molecule has 0 saturated heterocycles. The van der Waals surface area contributed by atoms with Crippen LogP contribution >= 0.6 is 0 Å². The highest BCUT2D eigenvalue weighted by Gasteiger charge is 2.15. The van der Waals surface area contributed by atoms with E-state index in [2.05, 4.69) is 18.8 Å². The molecule has 3 heteroatoms. The molecule has 0 aliphatic rings. The van der Waals surface area contributed by atoms with Gasteiger partial charge in [0.1, 0.15) is 5.75 Å². The van der Waals surface area contributed by atoms with Gasteiger partial charge in [0.25, 0.3) is 0 Å². The van der Waals surface area contributed by atoms with Gasteiger partial charge in [-0.25, -0.2) is 0 Å². The number of aromatic nitrogens is 1. The normalized spacial score (nSPS) is 11.1. The van der Waals surface area contributed by atoms with Crippen molar-refractivity contribution in [2.75, 3.05) is 7.11 Å². The lowest BCUT2D eigenvalue weighted by Crippen LogP contribution is -2.01. The molecule has 1 N–H and O–H groups in total. The number of nitrogens with one attached hydrogen (secondary N) is 1. The smallest absolute Gasteiger partial charge is 0.165 e. The summed E-state index contributed by atoms with van der Waals surface area (Å²) in [4.78, 5) is 15.3. The van der Waals surface area contributed by atoms with Gasteiger partial charge in [0.05, 0.1) is 12.5 Å². The number of ether oxygens (including phenoxy) is 1. The average Bonchev–Trinajstić information content (AvgIpc) is 2.79. The van der Waals surface area contributed by atoms with Gasteiger partial charge in [-0.15, -0.1) is 0 Å². The SMILES string of the molecule is COc1cccc2[nH]cc(C(=O)CCC(C)C)c12. The standard InChI is InChI=1S/C15H19NO2/c1-10(2)7-8-13(17)11-9-16-12-5-4-6-14(18-3)15(11)12/h4-6,9-10,16H,7-8H2,1-3H3. The summed E-state index contributed by atoms with van der Waals surface area (Å²) in [6, 6.07) is 5.76. The third-order valence-corrected chi connectivity index (χ3v) is 3.14. The minimum Gasteiger partial charge on any atom is -0.496 e. The summed E-state index contributed by atoms with van der Waals surface area (Å²) in [6.07, 6.45) is 3.29. The zero-order valence-corrected chi connectivity index (χ0v) is 11.1. The van der Waals surface area contributed by atoms with E-state index in [1.54, 1.807) is 13.3 Å². The molecule has 0 bridgehead atoms. The van der Waals surface area contributed by atoms with E-state index in [1.807, 2.05) is 18.2 Å². The van der Waals surface area contributed by atoms with Gasteiger partial charge < -0.3 is 9.72 Å². The minimum absolute atomic E-state index is 0.180. The molecule has 0 aliphatic carbocycles. The highest BCUT2D eigenvalue weighted by atomic mass is 16.5. The Morgan fingerprint density at radius 2 is 2.17 bits per heavy atom. The summed E-state index contributed by atoms with van der Waals surface area (Å²) < 4.78 is 5.33. The van der Waals surface area contributed by atoms with Gasteiger partial charge in [0.15, 0.2) is 5.78 Å². The van der Waals surface area contributed by atoms with Gasteiger partial charge in [0, 0.05) is 23.7 Å². The van der Waals surface area contributed by atoms with Crippen molar-refractivity contribution in [3.05, 3.63) is 30.0 Å². The summed E-state index contributed by atoms with van der Waals surface area (Å²) in [5.41, 5.74) is 1.69. The molecule has 0 saturated carbocycles. The summed E-state index contributed by atoms with van der Waals surface area (Å²) in [7, 11) is 1.63. The zero-order chi connectivity index (χ0) is 13.1. The second kappa shape index (κ2) is 5.25. The van der Waals surface area contributed by atoms with E-state index in [-0.39, 0.29) is 5.78 Å². The first-order chi connectivity index (χ1) is 8.63. The summed E-state index contributed by atoms with van der Waals surface area (Å²) in [6.45, 7) is 4.26. The largest absolute Gasteiger partial charge is 0.496 e. The number of fused-ring (bicyclic) bond motifs is 1. The van der Waals surface area contributed by atoms with Crippen LogP contribution in [0.25, 0.3) is 10.9 Å². The topological polar surface area (TPSA) is 42.1 Å². The Bertz CT molecular complexity index is 555. The molecular formula is C15H19NO2. The molecule has 3 nitrogen and oxygen atoms in total. The maximum absolute atomic E-state index is 12.2. The Kier molecular flexibility index (Phi) is 3.70. The molecule has 0 fully saturated rings. The predicted molar refractivity (Wildman–Crippen MR) is 73.3 cm³/mol. The molecule has 96 valence electrons. The fourth-order valence-electron chi connectivity index (χ4n) is 2.10. The van der Waals surface area contributed by atoms with Gasteiger partial charge >= 0.3 is 0 Å². The first-order valence-electron chi connectivity index (χ1n) is 6.30. The van der Waals surface area contributed by atoms with Crippen LogP contribution in [0.2, 0.25) is 0 Å². The van der Waals surface area contributed by atoms with Crippen molar-refractivity contribution in [3.8, 4) is 5.75 Å². The Hall–Kier alpha value is -1.77. The number of methoxy groups -OCH3 is 1. The number of carbonyl (C=O) groups is 1. The fourth-order valence-corrected chi connectivity index (χ4v) is 2.10. The number of benzene rings is 1. The number of hydrogen-bond acceptors (Lipinski definition) is 2. The minimum atomic E-state index is 0.180. The number of ketones is 1. The number of rotatable bonds is 5. The van der Waals surface area contributed by atoms with Crippen LogP contribution in [0.4, 0.5) is 0 Å². The molecule has 18 heavy (non-hydrogen) atoms. The predicted octanol–water partition coefficient (Wildman–Crippen LogP) is 3.80. The molecule has 0 spiro atoms. The van der Waals surface area contributed by atoms with Gasteiger partial charge in [-0.3, -0.25) is 4.79 Å². The van der Waals surface area contributed by atoms with Gasteiger partial charge in [-0.2, -0.15) is 0 Å². The van der Waals surface area contributed by atoms with E-state index in [1.165, 1.54) is 0 Å². The number of carbonyl (C=O) groups excluding carboxylic acids is 1. The van der Waals surface area contributed by atoms with E-state index in [9.17, 15) is 4.79 Å². The first kappa shape index (κ1) is 12.7. The monoisotopic (exact) mass is 245 g/mol. The zero-order valence-electron chi connectivity index (χ0n) is 11.1. The molecule has 2 aromatic rings. The van der Waals surface area contributed by atoms with E-state index in [0.717, 1.165) is 28.6 Å². The third kappa shape index (κ3) is 2.40. The number of hydrogen-bond donors (Lipinski definition) is 1. The Morgan fingerprint density at radius 1 is 1.39 bits per heavy atom. The van der Waals surface area contributed by atoms with Crippen LogP contribution in [0.5, 0.6) is 5.75 Å². The van der Waals surface area contributed by atoms with Crippen LogP contribution in [0, 0.1) is 5.92 Å². The number of H-pyrrole nitrogens is 1. The van der Waals surface area contributed by atoms with Crippen LogP contribution in [-0.2, 0) is 0 Å². The van der Waals surface area contributed by atoms with Crippen molar-refractivity contribution in [1.82, 2.24) is 4.98 Å². The van der Waals surface area contributed by atoms with E-state index in [4.69, 9.17) is 4.74 Å².